The summed E-state index contributed by atoms with van der Waals surface area (Å²) in [5.74, 6) is 1.26. The fourth-order valence-electron chi connectivity index (χ4n) is 4.03. The van der Waals surface area contributed by atoms with E-state index in [-0.39, 0.29) is 5.76 Å². The Bertz CT molecular complexity index is 1240. The maximum Gasteiger partial charge on any atom is 0.419 e. The molecule has 2 aromatic carbocycles. The van der Waals surface area contributed by atoms with Crippen LogP contribution in [0, 0.1) is 6.92 Å². The molecule has 0 bridgehead atoms. The third-order valence-electron chi connectivity index (χ3n) is 5.67. The Morgan fingerprint density at radius 1 is 1.00 bits per heavy atom. The lowest BCUT2D eigenvalue weighted by molar-refractivity contribution is 0.514. The molecule has 1 aliphatic heterocycles. The lowest BCUT2D eigenvalue weighted by Gasteiger charge is -2.27. The molecule has 0 aliphatic carbocycles. The zero-order valence-electron chi connectivity index (χ0n) is 17.5. The maximum atomic E-state index is 12.3. The third kappa shape index (κ3) is 3.99. The van der Waals surface area contributed by atoms with E-state index in [1.165, 1.54) is 24.8 Å². The second-order valence-electron chi connectivity index (χ2n) is 7.84. The number of fused-ring (bicyclic) bond motifs is 1. The van der Waals surface area contributed by atoms with E-state index in [1.54, 1.807) is 16.3 Å². The summed E-state index contributed by atoms with van der Waals surface area (Å²) in [7, 11) is 0. The fraction of sp³-hybridized carbons (Fsp3) is 0.348. The highest BCUT2D eigenvalue weighted by molar-refractivity contribution is 7.99. The van der Waals surface area contributed by atoms with Crippen LogP contribution in [0.15, 0.2) is 62.9 Å². The van der Waals surface area contributed by atoms with Gasteiger partial charge in [-0.1, -0.05) is 41.6 Å². The number of aromatic nitrogens is 4. The van der Waals surface area contributed by atoms with E-state index in [9.17, 15) is 4.79 Å². The van der Waals surface area contributed by atoms with E-state index < -0.39 is 0 Å². The molecule has 0 amide bonds. The molecule has 2 aromatic heterocycles. The van der Waals surface area contributed by atoms with E-state index in [0.29, 0.717) is 17.9 Å². The number of hydrogen-bond acceptors (Lipinski definition) is 6. The minimum absolute atomic E-state index is 0.323. The summed E-state index contributed by atoms with van der Waals surface area (Å²) in [6, 6.07) is 16.0. The SMILES string of the molecule is Cc1ccc(-n2c(SCCn3c(=O)oc4ccccc43)nnc2N2CCCCC2)cc1. The average molecular weight is 436 g/mol. The van der Waals surface area contributed by atoms with Gasteiger partial charge in [-0.25, -0.2) is 4.79 Å². The second kappa shape index (κ2) is 8.63. The molecule has 0 unspecified atom stereocenters. The molecule has 1 aliphatic rings. The molecule has 3 heterocycles. The van der Waals surface area contributed by atoms with Crippen LogP contribution in [0.1, 0.15) is 24.8 Å². The van der Waals surface area contributed by atoms with E-state index in [2.05, 4.69) is 50.9 Å². The van der Waals surface area contributed by atoms with Crippen molar-refractivity contribution in [2.24, 2.45) is 0 Å². The molecule has 8 heteroatoms. The van der Waals surface area contributed by atoms with Gasteiger partial charge in [0.05, 0.1) is 11.2 Å². The Hall–Kier alpha value is -3.00. The van der Waals surface area contributed by atoms with Gasteiger partial charge in [-0.05, 0) is 50.5 Å². The summed E-state index contributed by atoms with van der Waals surface area (Å²) in [5.41, 5.74) is 3.72. The molecular weight excluding hydrogens is 410 g/mol. The van der Waals surface area contributed by atoms with Gasteiger partial charge >= 0.3 is 5.76 Å². The fourth-order valence-corrected chi connectivity index (χ4v) is 4.90. The quantitative estimate of drug-likeness (QED) is 0.422. The summed E-state index contributed by atoms with van der Waals surface area (Å²) in [6.07, 6.45) is 3.63. The van der Waals surface area contributed by atoms with Gasteiger partial charge in [0.15, 0.2) is 10.7 Å². The third-order valence-corrected chi connectivity index (χ3v) is 6.58. The summed E-state index contributed by atoms with van der Waals surface area (Å²) in [5, 5.41) is 9.91. The van der Waals surface area contributed by atoms with Crippen molar-refractivity contribution in [1.29, 1.82) is 0 Å². The number of nitrogens with zero attached hydrogens (tertiary/aromatic N) is 5. The van der Waals surface area contributed by atoms with Crippen molar-refractivity contribution in [2.75, 3.05) is 23.7 Å². The number of aryl methyl sites for hydroxylation is 2. The highest BCUT2D eigenvalue weighted by atomic mass is 32.2. The van der Waals surface area contributed by atoms with Crippen molar-refractivity contribution < 1.29 is 4.42 Å². The highest BCUT2D eigenvalue weighted by Crippen LogP contribution is 2.28. The van der Waals surface area contributed by atoms with Crippen LogP contribution in [0.4, 0.5) is 5.95 Å². The number of rotatable bonds is 6. The molecule has 0 N–H and O–H groups in total. The number of piperidine rings is 1. The summed E-state index contributed by atoms with van der Waals surface area (Å²) in [4.78, 5) is 14.6. The number of para-hydroxylation sites is 2. The molecule has 5 rings (SSSR count). The van der Waals surface area contributed by atoms with E-state index in [1.807, 2.05) is 24.3 Å². The van der Waals surface area contributed by atoms with Crippen LogP contribution < -0.4 is 10.7 Å². The van der Waals surface area contributed by atoms with Crippen LogP contribution in [0.2, 0.25) is 0 Å². The van der Waals surface area contributed by atoms with Crippen LogP contribution in [-0.4, -0.2) is 38.2 Å². The minimum atomic E-state index is -0.323. The zero-order valence-corrected chi connectivity index (χ0v) is 18.3. The van der Waals surface area contributed by atoms with Crippen molar-refractivity contribution >= 4 is 28.8 Å². The number of oxazole rings is 1. The van der Waals surface area contributed by atoms with Gasteiger partial charge in [-0.2, -0.15) is 0 Å². The monoisotopic (exact) mass is 435 g/mol. The van der Waals surface area contributed by atoms with Gasteiger partial charge < -0.3 is 9.32 Å². The van der Waals surface area contributed by atoms with Crippen LogP contribution in [0.25, 0.3) is 16.8 Å². The second-order valence-corrected chi connectivity index (χ2v) is 8.90. The molecule has 160 valence electrons. The first-order valence-electron chi connectivity index (χ1n) is 10.7. The topological polar surface area (TPSA) is 69.1 Å². The molecular formula is C23H25N5O2S. The molecule has 1 fully saturated rings. The molecule has 0 atom stereocenters. The average Bonchev–Trinajstić information content (AvgIpc) is 3.36. The van der Waals surface area contributed by atoms with Crippen molar-refractivity contribution in [2.45, 2.75) is 37.9 Å². The molecule has 4 aromatic rings. The molecule has 1 saturated heterocycles. The first kappa shape index (κ1) is 19.9. The van der Waals surface area contributed by atoms with E-state index >= 15 is 0 Å². The largest absolute Gasteiger partial charge is 0.419 e. The molecule has 31 heavy (non-hydrogen) atoms. The molecule has 0 saturated carbocycles. The van der Waals surface area contributed by atoms with Crippen molar-refractivity contribution in [3.8, 4) is 5.69 Å². The van der Waals surface area contributed by atoms with Crippen molar-refractivity contribution in [3.63, 3.8) is 0 Å². The van der Waals surface area contributed by atoms with Crippen molar-refractivity contribution in [1.82, 2.24) is 19.3 Å². The zero-order chi connectivity index (χ0) is 21.2. The molecule has 0 spiro atoms. The smallest absolute Gasteiger partial charge is 0.408 e. The Morgan fingerprint density at radius 2 is 1.77 bits per heavy atom. The summed E-state index contributed by atoms with van der Waals surface area (Å²) < 4.78 is 9.17. The van der Waals surface area contributed by atoms with Gasteiger partial charge in [-0.3, -0.25) is 9.13 Å². The number of thioether (sulfide) groups is 1. The molecule has 0 radical (unpaired) electrons. The van der Waals surface area contributed by atoms with E-state index in [0.717, 1.165) is 35.4 Å². The Morgan fingerprint density at radius 3 is 2.58 bits per heavy atom. The first-order chi connectivity index (χ1) is 15.2. The lowest BCUT2D eigenvalue weighted by atomic mass is 10.1. The number of hydrogen-bond donors (Lipinski definition) is 0. The van der Waals surface area contributed by atoms with Gasteiger partial charge in [0.2, 0.25) is 5.95 Å². The normalized spacial score (nSPS) is 14.4. The predicted molar refractivity (Wildman–Crippen MR) is 123 cm³/mol. The predicted octanol–water partition coefficient (Wildman–Crippen LogP) is 4.27. The van der Waals surface area contributed by atoms with Gasteiger partial charge in [0, 0.05) is 25.4 Å². The Kier molecular flexibility index (Phi) is 5.55. The van der Waals surface area contributed by atoms with Crippen LogP contribution in [0.3, 0.4) is 0 Å². The Balaban J connectivity index is 1.42. The van der Waals surface area contributed by atoms with Crippen LogP contribution >= 0.6 is 11.8 Å². The van der Waals surface area contributed by atoms with Gasteiger partial charge in [-0.15, -0.1) is 10.2 Å². The van der Waals surface area contributed by atoms with Gasteiger partial charge in [0.1, 0.15) is 0 Å². The first-order valence-corrected chi connectivity index (χ1v) is 11.7. The minimum Gasteiger partial charge on any atom is -0.408 e. The maximum absolute atomic E-state index is 12.3. The van der Waals surface area contributed by atoms with E-state index in [4.69, 9.17) is 4.42 Å². The van der Waals surface area contributed by atoms with Gasteiger partial charge in [0.25, 0.3) is 0 Å². The summed E-state index contributed by atoms with van der Waals surface area (Å²) >= 11 is 1.61. The van der Waals surface area contributed by atoms with Crippen LogP contribution in [0.5, 0.6) is 0 Å². The standard InChI is InChI=1S/C23H25N5O2S/c1-17-9-11-18(12-10-17)28-21(26-13-5-2-6-14-26)24-25-22(28)31-16-15-27-19-7-3-4-8-20(19)30-23(27)29/h3-4,7-12H,2,5-6,13-16H2,1H3. The van der Waals surface area contributed by atoms with Crippen molar-refractivity contribution in [3.05, 3.63) is 64.6 Å². The lowest BCUT2D eigenvalue weighted by Crippen LogP contribution is -2.31. The number of benzene rings is 2. The van der Waals surface area contributed by atoms with Crippen LogP contribution in [-0.2, 0) is 6.54 Å². The highest BCUT2D eigenvalue weighted by Gasteiger charge is 2.21. The summed E-state index contributed by atoms with van der Waals surface area (Å²) in [6.45, 7) is 4.64. The molecule has 7 nitrogen and oxygen atoms in total. The number of anilines is 1. The Labute approximate surface area is 184 Å².